The molecule has 30 heteroatoms. The standard InChI is InChI=1S/C22H24BrFN4O2.C22H29FN6.C22H27FN4O2.C16H19ClN6O/c1-28-7-5-14(6-8-28)12-30-21-11-19-16(10-20(21)29-2)22(26-13-25-19)27-18-4-3-15(23)9-17(18)24;1-2-3-12-25-22-26-13-19-20(16-6-8-17(23)9-7-16)28-29(21(19)27-22)14-15-4-10-18(24)11-5-15;1-5-27(6-2)10-9-24-22(29)20-13(3)19(25-14(20)4)12-17-16-11-15(23)7-8-18(16)26-21(17)28;1-10(2)23-9-19-13-14(20-12-5-3-4-11(17)8-12)21-16(18-6-7-24)22-15(13)23/h3-4,9-11,13-14H,5-8,12H2,1-2H3,(H,25,26,27);6-9,13,15,18H,2-5,10-12,14,24H2,1H3,(H,25,26,27);7-8,11-12,25H,5-6,9-10H2,1-4H3,(H,24,29)(H,26,28);3-5,8-10,24H,6-7H2,1-2H3,(H2,18,20,21,22)/b;;17-12-;. The van der Waals surface area contributed by atoms with E-state index in [1.807, 2.05) is 65.7 Å². The average molecular weight is 1620 g/mol. The Morgan fingerprint density at radius 3 is 2.28 bits per heavy atom. The van der Waals surface area contributed by atoms with Gasteiger partial charge < -0.3 is 71.6 Å². The second-order valence-corrected chi connectivity index (χ2v) is 29.7. The van der Waals surface area contributed by atoms with Crippen LogP contribution in [0.2, 0.25) is 5.02 Å². The number of rotatable bonds is 26. The van der Waals surface area contributed by atoms with Gasteiger partial charge >= 0.3 is 0 Å². The summed E-state index contributed by atoms with van der Waals surface area (Å²) in [5, 5.41) is 34.4. The van der Waals surface area contributed by atoms with Crippen molar-refractivity contribution in [2.24, 2.45) is 17.6 Å². The van der Waals surface area contributed by atoms with Crippen molar-refractivity contribution in [1.29, 1.82) is 0 Å². The molecule has 1 saturated heterocycles. The molecule has 2 amide bonds. The van der Waals surface area contributed by atoms with E-state index in [1.54, 1.807) is 49.8 Å². The minimum atomic E-state index is -0.404. The Morgan fingerprint density at radius 1 is 0.812 bits per heavy atom. The number of aromatic amines is 1. The van der Waals surface area contributed by atoms with Crippen molar-refractivity contribution >= 4 is 125 Å². The predicted octanol–water partition coefficient (Wildman–Crippen LogP) is 15.9. The fourth-order valence-electron chi connectivity index (χ4n) is 13.6. The van der Waals surface area contributed by atoms with Crippen LogP contribution in [0.4, 0.5) is 53.8 Å². The van der Waals surface area contributed by atoms with Crippen LogP contribution in [0.3, 0.4) is 0 Å². The van der Waals surface area contributed by atoms with Gasteiger partial charge in [0.05, 0.1) is 54.4 Å². The Morgan fingerprint density at radius 2 is 1.56 bits per heavy atom. The number of amides is 2. The van der Waals surface area contributed by atoms with Crippen LogP contribution < -0.4 is 47.1 Å². The van der Waals surface area contributed by atoms with E-state index in [4.69, 9.17) is 42.0 Å². The van der Waals surface area contributed by atoms with Gasteiger partial charge in [-0.05, 0) is 214 Å². The molecule has 8 heterocycles. The molecule has 1 aliphatic carbocycles. The van der Waals surface area contributed by atoms with Crippen LogP contribution in [0.15, 0.2) is 120 Å². The number of methoxy groups -OCH3 is 1. The highest BCUT2D eigenvalue weighted by Gasteiger charge is 2.28. The first kappa shape index (κ1) is 82.7. The van der Waals surface area contributed by atoms with E-state index in [-0.39, 0.29) is 36.1 Å². The zero-order chi connectivity index (χ0) is 79.5. The number of piperidine rings is 1. The van der Waals surface area contributed by atoms with Crippen LogP contribution in [-0.2, 0) is 11.3 Å². The van der Waals surface area contributed by atoms with Gasteiger partial charge in [0.25, 0.3) is 11.8 Å². The average Bonchev–Trinajstić information content (AvgIpc) is 1.76. The van der Waals surface area contributed by atoms with Gasteiger partial charge in [0.2, 0.25) is 11.9 Å². The van der Waals surface area contributed by atoms with E-state index in [0.717, 1.165) is 147 Å². The summed E-state index contributed by atoms with van der Waals surface area (Å²) in [6, 6.07) is 27.1. The number of likely N-dealkylation sites (N-methyl/N-ethyl adjacent to an activating group) is 1. The van der Waals surface area contributed by atoms with Gasteiger partial charge in [-0.1, -0.05) is 60.8 Å². The number of ether oxygens (including phenoxy) is 2. The van der Waals surface area contributed by atoms with Crippen LogP contribution in [0.5, 0.6) is 11.5 Å². The molecule has 592 valence electrons. The summed E-state index contributed by atoms with van der Waals surface area (Å²) < 4.78 is 57.6. The van der Waals surface area contributed by atoms with Gasteiger partial charge in [-0.25, -0.2) is 37.8 Å². The number of aliphatic hydroxyl groups excluding tert-OH is 1. The monoisotopic (exact) mass is 1610 g/mol. The molecule has 112 heavy (non-hydrogen) atoms. The predicted molar refractivity (Wildman–Crippen MR) is 443 cm³/mol. The number of carbonyl (C=O) groups is 2. The van der Waals surface area contributed by atoms with Crippen molar-refractivity contribution in [2.45, 2.75) is 118 Å². The molecular weight excluding hydrogens is 1520 g/mol. The summed E-state index contributed by atoms with van der Waals surface area (Å²) in [6.07, 6.45) is 15.5. The number of aliphatic hydroxyl groups is 1. The Bertz CT molecular complexity index is 5060. The Balaban J connectivity index is 0.000000148. The zero-order valence-corrected chi connectivity index (χ0v) is 67.0. The van der Waals surface area contributed by atoms with E-state index < -0.39 is 5.82 Å². The minimum Gasteiger partial charge on any atom is -0.493 e. The third-order valence-electron chi connectivity index (χ3n) is 20.0. The van der Waals surface area contributed by atoms with Crippen molar-refractivity contribution in [3.63, 3.8) is 0 Å². The van der Waals surface area contributed by atoms with Gasteiger partial charge in [-0.3, -0.25) is 9.59 Å². The van der Waals surface area contributed by atoms with Gasteiger partial charge in [-0.15, -0.1) is 0 Å². The van der Waals surface area contributed by atoms with Crippen LogP contribution in [0, 0.1) is 43.1 Å². The lowest BCUT2D eigenvalue weighted by molar-refractivity contribution is -0.110. The number of carbonyl (C=O) groups excluding carboxylic acids is 2. The topological polar surface area (TPSA) is 306 Å². The first-order valence-corrected chi connectivity index (χ1v) is 39.3. The summed E-state index contributed by atoms with van der Waals surface area (Å²) in [4.78, 5) is 64.2. The number of fused-ring (bicyclic) bond motifs is 4. The first-order valence-electron chi connectivity index (χ1n) is 38.1. The lowest BCUT2D eigenvalue weighted by atomic mass is 9.86. The van der Waals surface area contributed by atoms with Crippen LogP contribution in [-0.4, -0.2) is 167 Å². The van der Waals surface area contributed by atoms with E-state index in [1.165, 1.54) is 36.7 Å². The molecular formula is C82H99BrClF3N20O5. The Hall–Kier alpha value is -10.3. The fourth-order valence-corrected chi connectivity index (χ4v) is 14.1. The molecule has 6 aromatic heterocycles. The first-order chi connectivity index (χ1) is 54.1. The number of aromatic nitrogens is 11. The van der Waals surface area contributed by atoms with Crippen molar-refractivity contribution in [3.8, 4) is 22.8 Å². The molecule has 11 aromatic rings. The van der Waals surface area contributed by atoms with Gasteiger partial charge in [0.1, 0.15) is 35.3 Å². The van der Waals surface area contributed by atoms with Gasteiger partial charge in [-0.2, -0.15) is 20.1 Å². The summed E-state index contributed by atoms with van der Waals surface area (Å²) >= 11 is 9.31. The normalized spacial score (nSPS) is 15.3. The number of benzene rings is 5. The SMILES string of the molecule is CC(C)n1cnc2c(Nc3cccc(Cl)c3)nc(NCCO)nc21.CCCCNc1ncc2c(-c3ccc(F)cc3)nn(CC3CCC(N)CC3)c2n1.CCN(CC)CCNC(=O)c1c(C)[nH]c(/C=C2\C(=O)Nc3ccc(F)cc32)c1C.COc1cc2c(Nc3ccc(Br)cc3F)ncnc2cc1OCC1CCN(C)CC1. The molecule has 0 spiro atoms. The maximum Gasteiger partial charge on any atom is 0.256 e. The molecule has 2 fully saturated rings. The largest absolute Gasteiger partial charge is 0.493 e. The second-order valence-electron chi connectivity index (χ2n) is 28.3. The number of aryl methyl sites for hydroxylation is 1. The highest BCUT2D eigenvalue weighted by atomic mass is 79.9. The van der Waals surface area contributed by atoms with E-state index in [2.05, 4.69) is 134 Å². The number of H-pyrrole nitrogens is 1. The van der Waals surface area contributed by atoms with E-state index >= 15 is 0 Å². The highest BCUT2D eigenvalue weighted by molar-refractivity contribution is 9.10. The quantitative estimate of drug-likeness (QED) is 0.0180. The number of hydrogen-bond acceptors (Lipinski definition) is 20. The van der Waals surface area contributed by atoms with Crippen molar-refractivity contribution in [3.05, 3.63) is 171 Å². The molecule has 2 aliphatic heterocycles. The smallest absolute Gasteiger partial charge is 0.256 e. The lowest BCUT2D eigenvalue weighted by Gasteiger charge is -2.28. The summed E-state index contributed by atoms with van der Waals surface area (Å²) in [7, 11) is 3.75. The third kappa shape index (κ3) is 21.3. The molecule has 10 N–H and O–H groups in total. The molecule has 0 atom stereocenters. The minimum absolute atomic E-state index is 0.00188. The Labute approximate surface area is 663 Å². The van der Waals surface area contributed by atoms with Gasteiger partial charge in [0.15, 0.2) is 34.1 Å². The summed E-state index contributed by atoms with van der Waals surface area (Å²) in [5.74, 6) is 3.02. The molecule has 25 nitrogen and oxygen atoms in total. The number of imidazole rings is 1. The molecule has 1 saturated carbocycles. The molecule has 3 aliphatic rings. The van der Waals surface area contributed by atoms with Gasteiger partial charge in [0, 0.05) is 106 Å². The number of unbranched alkanes of at least 4 members (excludes halogenated alkanes) is 1. The molecule has 5 aromatic carbocycles. The summed E-state index contributed by atoms with van der Waals surface area (Å²) in [6.45, 7) is 22.3. The van der Waals surface area contributed by atoms with Crippen LogP contribution in [0.1, 0.15) is 125 Å². The van der Waals surface area contributed by atoms with Crippen molar-refractivity contribution in [2.75, 3.05) is 106 Å². The van der Waals surface area contributed by atoms with Crippen molar-refractivity contribution < 1.29 is 37.3 Å². The van der Waals surface area contributed by atoms with Crippen LogP contribution >= 0.6 is 27.5 Å². The van der Waals surface area contributed by atoms with E-state index in [0.29, 0.717) is 127 Å². The molecule has 0 bridgehead atoms. The number of nitrogens with zero attached hydrogens (tertiary/aromatic N) is 12. The zero-order valence-electron chi connectivity index (χ0n) is 64.7. The molecule has 0 radical (unpaired) electrons. The maximum absolute atomic E-state index is 14.3. The van der Waals surface area contributed by atoms with E-state index in [9.17, 15) is 22.8 Å². The number of nitrogens with one attached hydrogen (secondary N) is 7. The number of hydrogen-bond donors (Lipinski definition) is 9. The molecule has 14 rings (SSSR count). The molecule has 0 unspecified atom stereocenters. The summed E-state index contributed by atoms with van der Waals surface area (Å²) in [5.41, 5.74) is 16.0. The van der Waals surface area contributed by atoms with Crippen molar-refractivity contribution in [1.82, 2.24) is 69.3 Å². The number of halogens is 5. The lowest BCUT2D eigenvalue weighted by Crippen LogP contribution is -2.35. The van der Waals surface area contributed by atoms with Crippen LogP contribution in [0.25, 0.3) is 56.0 Å². The maximum atomic E-state index is 14.3. The Kier molecular flexibility index (Phi) is 29.0. The number of nitrogens with two attached hydrogens (primary N) is 1. The highest BCUT2D eigenvalue weighted by Crippen LogP contribution is 2.39. The third-order valence-corrected chi connectivity index (χ3v) is 20.7. The fraction of sp³-hybridized carbons (Fsp3) is 0.390. The number of anilines is 7. The number of likely N-dealkylation sites (tertiary alicyclic amines) is 1. The second kappa shape index (κ2) is 39.2.